The van der Waals surface area contributed by atoms with Gasteiger partial charge in [-0.2, -0.15) is 21.3 Å². The minimum atomic E-state index is 0.353. The second kappa shape index (κ2) is 8.25. The highest BCUT2D eigenvalue weighted by Crippen LogP contribution is 2.30. The van der Waals surface area contributed by atoms with Crippen LogP contribution in [0.1, 0.15) is 18.4 Å². The smallest absolute Gasteiger partial charge is 0.229 e. The summed E-state index contributed by atoms with van der Waals surface area (Å²) in [6.07, 6.45) is 2.33. The van der Waals surface area contributed by atoms with Crippen molar-refractivity contribution in [3.05, 3.63) is 27.5 Å². The summed E-state index contributed by atoms with van der Waals surface area (Å²) in [5.41, 5.74) is 2.46. The molecule has 5 heterocycles. The molecule has 0 bridgehead atoms. The molecule has 2 aliphatic heterocycles. The van der Waals surface area contributed by atoms with Crippen molar-refractivity contribution in [3.8, 4) is 0 Å². The minimum Gasteiger partial charge on any atom is -0.363 e. The molecule has 8 nitrogen and oxygen atoms in total. The Kier molecular flexibility index (Phi) is 5.34. The molecule has 29 heavy (non-hydrogen) atoms. The number of fused-ring (bicyclic) bond motifs is 1. The summed E-state index contributed by atoms with van der Waals surface area (Å²) in [5, 5.41) is 11.2. The quantitative estimate of drug-likeness (QED) is 0.639. The SMILES string of the molecule is Clc1nc2c(N3CCCC3)nc(N3CCNCC3)nc2nc1NCc1ccsc1. The van der Waals surface area contributed by atoms with Crippen LogP contribution in [0.4, 0.5) is 17.6 Å². The van der Waals surface area contributed by atoms with Gasteiger partial charge in [-0.15, -0.1) is 0 Å². The molecule has 152 valence electrons. The van der Waals surface area contributed by atoms with Gasteiger partial charge in [0.25, 0.3) is 0 Å². The zero-order valence-electron chi connectivity index (χ0n) is 16.1. The summed E-state index contributed by atoms with van der Waals surface area (Å²) in [6, 6.07) is 2.08. The third-order valence-corrected chi connectivity index (χ3v) is 6.30. The maximum absolute atomic E-state index is 6.48. The van der Waals surface area contributed by atoms with Crippen LogP contribution >= 0.6 is 22.9 Å². The molecule has 2 saturated heterocycles. The van der Waals surface area contributed by atoms with E-state index >= 15 is 0 Å². The molecule has 0 aromatic carbocycles. The van der Waals surface area contributed by atoms with Gasteiger partial charge >= 0.3 is 0 Å². The van der Waals surface area contributed by atoms with E-state index in [1.807, 2.05) is 0 Å². The normalized spacial score (nSPS) is 17.3. The Labute approximate surface area is 178 Å². The summed E-state index contributed by atoms with van der Waals surface area (Å²) >= 11 is 8.15. The summed E-state index contributed by atoms with van der Waals surface area (Å²) in [5.74, 6) is 2.13. The third-order valence-electron chi connectivity index (χ3n) is 5.30. The molecule has 5 rings (SSSR count). The summed E-state index contributed by atoms with van der Waals surface area (Å²) in [6.45, 7) is 6.23. The fraction of sp³-hybridized carbons (Fsp3) is 0.474. The van der Waals surface area contributed by atoms with Crippen molar-refractivity contribution in [2.75, 3.05) is 54.4 Å². The lowest BCUT2D eigenvalue weighted by Gasteiger charge is -2.28. The van der Waals surface area contributed by atoms with Gasteiger partial charge in [-0.25, -0.2) is 9.97 Å². The van der Waals surface area contributed by atoms with Crippen LogP contribution in [0.25, 0.3) is 11.2 Å². The van der Waals surface area contributed by atoms with E-state index in [0.717, 1.165) is 63.9 Å². The molecule has 0 saturated carbocycles. The number of anilines is 3. The van der Waals surface area contributed by atoms with E-state index in [2.05, 4.69) is 42.2 Å². The Bertz CT molecular complexity index is 984. The Morgan fingerprint density at radius 3 is 2.62 bits per heavy atom. The lowest BCUT2D eigenvalue weighted by molar-refractivity contribution is 0.580. The Balaban J connectivity index is 1.54. The van der Waals surface area contributed by atoms with Crippen molar-refractivity contribution < 1.29 is 0 Å². The largest absolute Gasteiger partial charge is 0.363 e. The molecular weight excluding hydrogens is 408 g/mol. The number of thiophene rings is 1. The molecule has 10 heteroatoms. The number of halogens is 1. The van der Waals surface area contributed by atoms with E-state index in [-0.39, 0.29) is 0 Å². The number of piperazine rings is 1. The van der Waals surface area contributed by atoms with Crippen molar-refractivity contribution in [1.29, 1.82) is 0 Å². The van der Waals surface area contributed by atoms with Crippen LogP contribution < -0.4 is 20.4 Å². The Morgan fingerprint density at radius 1 is 1.03 bits per heavy atom. The van der Waals surface area contributed by atoms with Crippen molar-refractivity contribution in [1.82, 2.24) is 25.3 Å². The number of hydrogen-bond donors (Lipinski definition) is 2. The van der Waals surface area contributed by atoms with E-state index in [1.165, 1.54) is 5.56 Å². The molecule has 3 aromatic heterocycles. The van der Waals surface area contributed by atoms with Gasteiger partial charge in [0, 0.05) is 45.8 Å². The zero-order valence-corrected chi connectivity index (χ0v) is 17.6. The number of aromatic nitrogens is 4. The molecule has 2 fully saturated rings. The van der Waals surface area contributed by atoms with Crippen LogP contribution in [-0.2, 0) is 6.54 Å². The van der Waals surface area contributed by atoms with Crippen LogP contribution in [0.3, 0.4) is 0 Å². The van der Waals surface area contributed by atoms with Gasteiger partial charge in [0.05, 0.1) is 0 Å². The molecule has 0 radical (unpaired) electrons. The molecular formula is C19H23ClN8S. The molecule has 3 aromatic rings. The van der Waals surface area contributed by atoms with Gasteiger partial charge in [-0.1, -0.05) is 11.6 Å². The molecule has 0 amide bonds. The van der Waals surface area contributed by atoms with Gasteiger partial charge in [0.2, 0.25) is 5.95 Å². The molecule has 0 atom stereocenters. The van der Waals surface area contributed by atoms with Crippen LogP contribution in [0, 0.1) is 0 Å². The van der Waals surface area contributed by atoms with E-state index < -0.39 is 0 Å². The monoisotopic (exact) mass is 430 g/mol. The predicted molar refractivity (Wildman–Crippen MR) is 118 cm³/mol. The summed E-state index contributed by atoms with van der Waals surface area (Å²) in [7, 11) is 0. The second-order valence-corrected chi connectivity index (χ2v) is 8.44. The van der Waals surface area contributed by atoms with Crippen molar-refractivity contribution in [2.24, 2.45) is 0 Å². The maximum atomic E-state index is 6.48. The first-order valence-corrected chi connectivity index (χ1v) is 11.3. The number of hydrogen-bond acceptors (Lipinski definition) is 9. The van der Waals surface area contributed by atoms with Gasteiger partial charge < -0.3 is 20.4 Å². The topological polar surface area (TPSA) is 82.1 Å². The number of rotatable bonds is 5. The fourth-order valence-electron chi connectivity index (χ4n) is 3.75. The van der Waals surface area contributed by atoms with Crippen LogP contribution in [-0.4, -0.2) is 59.2 Å². The lowest BCUT2D eigenvalue weighted by atomic mass is 10.3. The Morgan fingerprint density at radius 2 is 1.86 bits per heavy atom. The second-order valence-electron chi connectivity index (χ2n) is 7.30. The van der Waals surface area contributed by atoms with Gasteiger partial charge in [-0.3, -0.25) is 0 Å². The highest BCUT2D eigenvalue weighted by Gasteiger charge is 2.23. The first-order chi connectivity index (χ1) is 14.3. The van der Waals surface area contributed by atoms with E-state index in [0.29, 0.717) is 28.7 Å². The average molecular weight is 431 g/mol. The fourth-order valence-corrected chi connectivity index (χ4v) is 4.61. The highest BCUT2D eigenvalue weighted by molar-refractivity contribution is 7.07. The molecule has 2 N–H and O–H groups in total. The number of nitrogens with one attached hydrogen (secondary N) is 2. The average Bonchev–Trinajstić information content (AvgIpc) is 3.46. The van der Waals surface area contributed by atoms with Gasteiger partial charge in [0.15, 0.2) is 28.0 Å². The van der Waals surface area contributed by atoms with Crippen molar-refractivity contribution in [2.45, 2.75) is 19.4 Å². The first-order valence-electron chi connectivity index (χ1n) is 9.99. The van der Waals surface area contributed by atoms with Crippen molar-refractivity contribution >= 4 is 51.7 Å². The van der Waals surface area contributed by atoms with Crippen molar-refractivity contribution in [3.63, 3.8) is 0 Å². The summed E-state index contributed by atoms with van der Waals surface area (Å²) in [4.78, 5) is 23.5. The third kappa shape index (κ3) is 3.94. The zero-order chi connectivity index (χ0) is 19.6. The van der Waals surface area contributed by atoms with E-state index in [1.54, 1.807) is 11.3 Å². The van der Waals surface area contributed by atoms with Crippen LogP contribution in [0.2, 0.25) is 5.15 Å². The minimum absolute atomic E-state index is 0.353. The standard InChI is InChI=1S/C19H23ClN8S/c20-15-17(22-11-13-3-10-29-12-13)24-16-14(23-15)18(27-6-1-2-7-27)26-19(25-16)28-8-4-21-5-9-28/h3,10,12,21H,1-2,4-9,11H2,(H,22,24,25,26). The van der Waals surface area contributed by atoms with E-state index in [4.69, 9.17) is 26.6 Å². The van der Waals surface area contributed by atoms with Gasteiger partial charge in [0.1, 0.15) is 0 Å². The molecule has 2 aliphatic rings. The molecule has 0 unspecified atom stereocenters. The van der Waals surface area contributed by atoms with E-state index in [9.17, 15) is 0 Å². The maximum Gasteiger partial charge on any atom is 0.229 e. The van der Waals surface area contributed by atoms with Gasteiger partial charge in [-0.05, 0) is 35.2 Å². The summed E-state index contributed by atoms with van der Waals surface area (Å²) < 4.78 is 0. The predicted octanol–water partition coefficient (Wildman–Crippen LogP) is 2.76. The number of nitrogens with zero attached hydrogens (tertiary/aromatic N) is 6. The molecule has 0 spiro atoms. The lowest BCUT2D eigenvalue weighted by Crippen LogP contribution is -2.44. The van der Waals surface area contributed by atoms with Crippen LogP contribution in [0.5, 0.6) is 0 Å². The highest BCUT2D eigenvalue weighted by atomic mass is 35.5. The van der Waals surface area contributed by atoms with Crippen LogP contribution in [0.15, 0.2) is 16.8 Å². The first kappa shape index (κ1) is 18.8. The Hall–Kier alpha value is -2.23. The molecule has 0 aliphatic carbocycles.